The van der Waals surface area contributed by atoms with Crippen LogP contribution in [0.4, 0.5) is 5.82 Å². The summed E-state index contributed by atoms with van der Waals surface area (Å²) in [6, 6.07) is 9.99. The zero-order valence-electron chi connectivity index (χ0n) is 13.7. The number of benzene rings is 1. The number of anilines is 1. The van der Waals surface area contributed by atoms with Gasteiger partial charge in [-0.2, -0.15) is 0 Å². The molecule has 0 saturated heterocycles. The SMILES string of the molecule is Cc1cc(CNc2nc(C)nc3c2Cc2ccccc2OC3)on1. The van der Waals surface area contributed by atoms with Gasteiger partial charge in [0.1, 0.15) is 24.0 Å². The van der Waals surface area contributed by atoms with Crippen molar-refractivity contribution >= 4 is 5.82 Å². The van der Waals surface area contributed by atoms with E-state index in [1.54, 1.807) is 0 Å². The van der Waals surface area contributed by atoms with Gasteiger partial charge in [0, 0.05) is 18.1 Å². The summed E-state index contributed by atoms with van der Waals surface area (Å²) >= 11 is 0. The van der Waals surface area contributed by atoms with Gasteiger partial charge in [0.15, 0.2) is 5.76 Å². The summed E-state index contributed by atoms with van der Waals surface area (Å²) in [5.74, 6) is 3.24. The van der Waals surface area contributed by atoms with Gasteiger partial charge >= 0.3 is 0 Å². The van der Waals surface area contributed by atoms with E-state index in [1.165, 1.54) is 0 Å². The number of hydrogen-bond acceptors (Lipinski definition) is 6. The van der Waals surface area contributed by atoms with Gasteiger partial charge in [-0.15, -0.1) is 0 Å². The van der Waals surface area contributed by atoms with Crippen LogP contribution in [0.15, 0.2) is 34.9 Å². The molecular weight excluding hydrogens is 304 g/mol. The second-order valence-corrected chi connectivity index (χ2v) is 5.91. The Morgan fingerprint density at radius 3 is 2.88 bits per heavy atom. The van der Waals surface area contributed by atoms with E-state index in [2.05, 4.69) is 26.5 Å². The molecule has 1 aliphatic heterocycles. The maximum atomic E-state index is 5.90. The molecule has 6 heteroatoms. The predicted molar refractivity (Wildman–Crippen MR) is 88.9 cm³/mol. The third-order valence-corrected chi connectivity index (χ3v) is 4.02. The molecule has 3 aromatic rings. The minimum atomic E-state index is 0.450. The minimum Gasteiger partial charge on any atom is -0.487 e. The molecule has 0 atom stereocenters. The summed E-state index contributed by atoms with van der Waals surface area (Å²) in [6.07, 6.45) is 0.740. The maximum Gasteiger partial charge on any atom is 0.156 e. The summed E-state index contributed by atoms with van der Waals surface area (Å²) in [6.45, 7) is 4.78. The zero-order valence-corrected chi connectivity index (χ0v) is 13.7. The number of nitrogens with one attached hydrogen (secondary N) is 1. The molecule has 0 radical (unpaired) electrons. The molecule has 0 aliphatic carbocycles. The van der Waals surface area contributed by atoms with Crippen molar-refractivity contribution < 1.29 is 9.26 Å². The van der Waals surface area contributed by atoms with Gasteiger partial charge in [-0.3, -0.25) is 0 Å². The van der Waals surface area contributed by atoms with Crippen LogP contribution in [-0.4, -0.2) is 15.1 Å². The lowest BCUT2D eigenvalue weighted by Crippen LogP contribution is -2.10. The molecule has 0 saturated carbocycles. The summed E-state index contributed by atoms with van der Waals surface area (Å²) in [5, 5.41) is 7.27. The van der Waals surface area contributed by atoms with E-state index < -0.39 is 0 Å². The highest BCUT2D eigenvalue weighted by atomic mass is 16.5. The Labute approximate surface area is 139 Å². The van der Waals surface area contributed by atoms with Crippen LogP contribution in [-0.2, 0) is 19.6 Å². The lowest BCUT2D eigenvalue weighted by Gasteiger charge is -2.12. The smallest absolute Gasteiger partial charge is 0.156 e. The van der Waals surface area contributed by atoms with Crippen LogP contribution >= 0.6 is 0 Å². The van der Waals surface area contributed by atoms with Crippen molar-refractivity contribution in [1.29, 1.82) is 0 Å². The summed E-state index contributed by atoms with van der Waals surface area (Å²) in [7, 11) is 0. The number of nitrogens with zero attached hydrogens (tertiary/aromatic N) is 3. The van der Waals surface area contributed by atoms with Crippen molar-refractivity contribution in [2.75, 3.05) is 5.32 Å². The summed E-state index contributed by atoms with van der Waals surface area (Å²) in [5.41, 5.74) is 4.01. The van der Waals surface area contributed by atoms with Crippen molar-refractivity contribution in [3.05, 3.63) is 64.4 Å². The first kappa shape index (κ1) is 14.7. The molecule has 2 aromatic heterocycles. The molecule has 3 heterocycles. The fraction of sp³-hybridized carbons (Fsp3) is 0.278. The summed E-state index contributed by atoms with van der Waals surface area (Å²) < 4.78 is 11.2. The topological polar surface area (TPSA) is 73.1 Å². The van der Waals surface area contributed by atoms with Gasteiger partial charge in [0.2, 0.25) is 0 Å². The number of aromatic nitrogens is 3. The van der Waals surface area contributed by atoms with Crippen LogP contribution in [0, 0.1) is 13.8 Å². The van der Waals surface area contributed by atoms with E-state index in [4.69, 9.17) is 9.26 Å². The fourth-order valence-corrected chi connectivity index (χ4v) is 2.90. The highest BCUT2D eigenvalue weighted by Gasteiger charge is 2.20. The molecule has 0 amide bonds. The van der Waals surface area contributed by atoms with E-state index >= 15 is 0 Å². The Morgan fingerprint density at radius 1 is 1.17 bits per heavy atom. The Kier molecular flexibility index (Phi) is 3.65. The van der Waals surface area contributed by atoms with Gasteiger partial charge in [-0.1, -0.05) is 23.4 Å². The molecule has 0 unspecified atom stereocenters. The molecule has 4 rings (SSSR count). The first-order chi connectivity index (χ1) is 11.7. The van der Waals surface area contributed by atoms with Gasteiger partial charge < -0.3 is 14.6 Å². The number of ether oxygens (including phenoxy) is 1. The number of para-hydroxylation sites is 1. The molecule has 0 spiro atoms. The van der Waals surface area contributed by atoms with Crippen LogP contribution in [0.1, 0.15) is 34.1 Å². The Morgan fingerprint density at radius 2 is 2.04 bits per heavy atom. The van der Waals surface area contributed by atoms with E-state index in [1.807, 2.05) is 38.1 Å². The largest absolute Gasteiger partial charge is 0.487 e. The van der Waals surface area contributed by atoms with Crippen LogP contribution in [0.25, 0.3) is 0 Å². The van der Waals surface area contributed by atoms with E-state index in [0.29, 0.717) is 13.2 Å². The zero-order chi connectivity index (χ0) is 16.5. The number of aryl methyl sites for hydroxylation is 2. The quantitative estimate of drug-likeness (QED) is 0.798. The highest BCUT2D eigenvalue weighted by molar-refractivity contribution is 5.52. The second-order valence-electron chi connectivity index (χ2n) is 5.91. The van der Waals surface area contributed by atoms with Crippen LogP contribution < -0.4 is 10.1 Å². The third kappa shape index (κ3) is 2.82. The molecule has 24 heavy (non-hydrogen) atoms. The molecule has 0 bridgehead atoms. The van der Waals surface area contributed by atoms with Crippen molar-refractivity contribution in [3.63, 3.8) is 0 Å². The highest BCUT2D eigenvalue weighted by Crippen LogP contribution is 2.30. The van der Waals surface area contributed by atoms with E-state index in [0.717, 1.165) is 52.1 Å². The summed E-state index contributed by atoms with van der Waals surface area (Å²) in [4.78, 5) is 9.15. The number of fused-ring (bicyclic) bond motifs is 2. The van der Waals surface area contributed by atoms with E-state index in [-0.39, 0.29) is 0 Å². The van der Waals surface area contributed by atoms with Gasteiger partial charge in [0.05, 0.1) is 17.9 Å². The average Bonchev–Trinajstić information content (AvgIpc) is 2.89. The van der Waals surface area contributed by atoms with Gasteiger partial charge in [-0.05, 0) is 25.5 Å². The number of hydrogen-bond donors (Lipinski definition) is 1. The van der Waals surface area contributed by atoms with Crippen LogP contribution in [0.2, 0.25) is 0 Å². The predicted octanol–water partition coefficient (Wildman–Crippen LogP) is 3.18. The Balaban J connectivity index is 1.67. The standard InChI is InChI=1S/C18H18N4O2/c1-11-7-14(24-22-11)9-19-18-15-8-13-5-3-4-6-17(13)23-10-16(15)20-12(2)21-18/h3-7H,8-10H2,1-2H3,(H,19,20,21). The Bertz CT molecular complexity index is 888. The molecule has 122 valence electrons. The lowest BCUT2D eigenvalue weighted by molar-refractivity contribution is 0.302. The molecule has 1 aromatic carbocycles. The van der Waals surface area contributed by atoms with Gasteiger partial charge in [-0.25, -0.2) is 9.97 Å². The van der Waals surface area contributed by atoms with Crippen LogP contribution in [0.3, 0.4) is 0 Å². The molecule has 1 aliphatic rings. The average molecular weight is 322 g/mol. The maximum absolute atomic E-state index is 5.90. The molecular formula is C18H18N4O2. The van der Waals surface area contributed by atoms with Crippen LogP contribution in [0.5, 0.6) is 5.75 Å². The monoisotopic (exact) mass is 322 g/mol. The second kappa shape index (κ2) is 5.96. The molecule has 0 fully saturated rings. The van der Waals surface area contributed by atoms with Crippen molar-refractivity contribution in [3.8, 4) is 5.75 Å². The van der Waals surface area contributed by atoms with Crippen molar-refractivity contribution in [1.82, 2.24) is 15.1 Å². The number of rotatable bonds is 3. The normalized spacial score (nSPS) is 12.8. The fourth-order valence-electron chi connectivity index (χ4n) is 2.90. The Hall–Kier alpha value is -2.89. The van der Waals surface area contributed by atoms with E-state index in [9.17, 15) is 0 Å². The lowest BCUT2D eigenvalue weighted by atomic mass is 10.0. The third-order valence-electron chi connectivity index (χ3n) is 4.02. The van der Waals surface area contributed by atoms with Crippen molar-refractivity contribution in [2.45, 2.75) is 33.4 Å². The first-order valence-corrected chi connectivity index (χ1v) is 7.92. The molecule has 1 N–H and O–H groups in total. The molecule has 6 nitrogen and oxygen atoms in total. The minimum absolute atomic E-state index is 0.450. The first-order valence-electron chi connectivity index (χ1n) is 7.92. The van der Waals surface area contributed by atoms with Crippen molar-refractivity contribution in [2.24, 2.45) is 0 Å². The van der Waals surface area contributed by atoms with Gasteiger partial charge in [0.25, 0.3) is 0 Å².